The third-order valence-electron chi connectivity index (χ3n) is 2.21. The van der Waals surface area contributed by atoms with E-state index in [-0.39, 0.29) is 17.3 Å². The lowest BCUT2D eigenvalue weighted by Crippen LogP contribution is -2.17. The van der Waals surface area contributed by atoms with E-state index in [0.717, 1.165) is 0 Å². The maximum atomic E-state index is 11.2. The van der Waals surface area contributed by atoms with Gasteiger partial charge in [-0.1, -0.05) is 6.07 Å². The average Bonchev–Trinajstić information content (AvgIpc) is 2.78. The predicted molar refractivity (Wildman–Crippen MR) is 65.6 cm³/mol. The fraction of sp³-hybridized carbons (Fsp3) is 0.200. The van der Waals surface area contributed by atoms with Gasteiger partial charge < -0.3 is 16.0 Å². The van der Waals surface area contributed by atoms with Crippen molar-refractivity contribution in [2.45, 2.75) is 13.0 Å². The molecule has 2 aromatic heterocycles. The van der Waals surface area contributed by atoms with E-state index >= 15 is 0 Å². The zero-order valence-electron chi connectivity index (χ0n) is 8.73. The number of hydrogen-bond donors (Lipinski definition) is 3. The van der Waals surface area contributed by atoms with Crippen LogP contribution in [0.2, 0.25) is 0 Å². The Kier molecular flexibility index (Phi) is 2.91. The van der Waals surface area contributed by atoms with E-state index in [4.69, 9.17) is 5.73 Å². The van der Waals surface area contributed by atoms with Crippen LogP contribution in [0.3, 0.4) is 0 Å². The number of nitrogens with zero attached hydrogens (tertiary/aromatic N) is 1. The largest absolute Gasteiger partial charge is 0.391 e. The molecule has 0 fully saturated rings. The van der Waals surface area contributed by atoms with Gasteiger partial charge in [-0.15, -0.1) is 11.3 Å². The SMILES string of the molecule is CC(Nc1nc[nH]c(=O)c1N)c1cccs1. The summed E-state index contributed by atoms with van der Waals surface area (Å²) in [4.78, 5) is 18.8. The number of thiophene rings is 1. The number of aromatic nitrogens is 2. The molecular weight excluding hydrogens is 224 g/mol. The van der Waals surface area contributed by atoms with Crippen molar-refractivity contribution in [3.8, 4) is 0 Å². The highest BCUT2D eigenvalue weighted by molar-refractivity contribution is 7.10. The molecule has 0 bridgehead atoms. The summed E-state index contributed by atoms with van der Waals surface area (Å²) in [5.74, 6) is 0.421. The molecule has 2 rings (SSSR count). The molecule has 2 aromatic rings. The Morgan fingerprint density at radius 3 is 3.12 bits per heavy atom. The van der Waals surface area contributed by atoms with Crippen LogP contribution in [0.25, 0.3) is 0 Å². The number of aromatic amines is 1. The molecule has 0 spiro atoms. The topological polar surface area (TPSA) is 83.8 Å². The van der Waals surface area contributed by atoms with Crippen molar-refractivity contribution < 1.29 is 0 Å². The van der Waals surface area contributed by atoms with Crippen LogP contribution in [0.4, 0.5) is 11.5 Å². The molecule has 16 heavy (non-hydrogen) atoms. The average molecular weight is 236 g/mol. The second-order valence-corrected chi connectivity index (χ2v) is 4.35. The minimum atomic E-state index is -0.323. The van der Waals surface area contributed by atoms with Gasteiger partial charge in [-0.3, -0.25) is 4.79 Å². The number of hydrogen-bond acceptors (Lipinski definition) is 5. The van der Waals surface area contributed by atoms with Crippen LogP contribution in [0.5, 0.6) is 0 Å². The Morgan fingerprint density at radius 2 is 2.44 bits per heavy atom. The molecular formula is C10H12N4OS. The van der Waals surface area contributed by atoms with Crippen molar-refractivity contribution in [3.63, 3.8) is 0 Å². The lowest BCUT2D eigenvalue weighted by molar-refractivity contribution is 0.892. The first-order valence-electron chi connectivity index (χ1n) is 4.81. The van der Waals surface area contributed by atoms with Gasteiger partial charge in [0.25, 0.3) is 5.56 Å². The standard InChI is InChI=1S/C10H12N4OS/c1-6(7-3-2-4-16-7)14-9-8(11)10(15)13-5-12-9/h2-6H,11H2,1H3,(H2,12,13,14,15). The van der Waals surface area contributed by atoms with Crippen LogP contribution in [0.1, 0.15) is 17.8 Å². The van der Waals surface area contributed by atoms with Gasteiger partial charge in [0, 0.05) is 4.88 Å². The Hall–Kier alpha value is -1.82. The molecule has 0 saturated carbocycles. The molecule has 1 atom stereocenters. The lowest BCUT2D eigenvalue weighted by Gasteiger charge is -2.13. The molecule has 1 unspecified atom stereocenters. The Bertz CT molecular complexity index is 520. The Labute approximate surface area is 96.3 Å². The summed E-state index contributed by atoms with van der Waals surface area (Å²) in [6, 6.07) is 4.08. The van der Waals surface area contributed by atoms with E-state index < -0.39 is 0 Å². The quantitative estimate of drug-likeness (QED) is 0.755. The highest BCUT2D eigenvalue weighted by Gasteiger charge is 2.10. The van der Waals surface area contributed by atoms with E-state index in [1.54, 1.807) is 11.3 Å². The lowest BCUT2D eigenvalue weighted by atomic mass is 10.2. The van der Waals surface area contributed by atoms with Crippen LogP contribution in [-0.2, 0) is 0 Å². The van der Waals surface area contributed by atoms with Crippen molar-refractivity contribution >= 4 is 22.8 Å². The number of nitrogens with two attached hydrogens (primary N) is 1. The van der Waals surface area contributed by atoms with E-state index in [9.17, 15) is 4.79 Å². The molecule has 0 amide bonds. The van der Waals surface area contributed by atoms with Crippen LogP contribution in [0.15, 0.2) is 28.6 Å². The summed E-state index contributed by atoms with van der Waals surface area (Å²) in [5.41, 5.74) is 5.41. The van der Waals surface area contributed by atoms with Crippen molar-refractivity contribution in [1.29, 1.82) is 0 Å². The normalized spacial score (nSPS) is 12.3. The van der Waals surface area contributed by atoms with Gasteiger partial charge in [-0.05, 0) is 18.4 Å². The molecule has 0 aliphatic rings. The van der Waals surface area contributed by atoms with Gasteiger partial charge in [-0.25, -0.2) is 4.98 Å². The first-order valence-corrected chi connectivity index (χ1v) is 5.69. The maximum absolute atomic E-state index is 11.2. The number of nitrogens with one attached hydrogen (secondary N) is 2. The van der Waals surface area contributed by atoms with Crippen molar-refractivity contribution in [2.24, 2.45) is 0 Å². The molecule has 5 nitrogen and oxygen atoms in total. The van der Waals surface area contributed by atoms with Crippen LogP contribution >= 0.6 is 11.3 Å². The number of rotatable bonds is 3. The fourth-order valence-electron chi connectivity index (χ4n) is 1.34. The van der Waals surface area contributed by atoms with Crippen molar-refractivity contribution in [2.75, 3.05) is 11.1 Å². The molecule has 4 N–H and O–H groups in total. The summed E-state index contributed by atoms with van der Waals surface area (Å²) in [7, 11) is 0. The highest BCUT2D eigenvalue weighted by atomic mass is 32.1. The van der Waals surface area contributed by atoms with Crippen molar-refractivity contribution in [1.82, 2.24) is 9.97 Å². The van der Waals surface area contributed by atoms with Crippen LogP contribution in [-0.4, -0.2) is 9.97 Å². The second-order valence-electron chi connectivity index (χ2n) is 3.38. The predicted octanol–water partition coefficient (Wildman–Crippen LogP) is 1.59. The van der Waals surface area contributed by atoms with Gasteiger partial charge in [0.2, 0.25) is 0 Å². The van der Waals surface area contributed by atoms with E-state index in [1.807, 2.05) is 24.4 Å². The highest BCUT2D eigenvalue weighted by Crippen LogP contribution is 2.23. The summed E-state index contributed by atoms with van der Waals surface area (Å²) in [5, 5.41) is 5.11. The molecule has 6 heteroatoms. The molecule has 0 saturated heterocycles. The summed E-state index contributed by atoms with van der Waals surface area (Å²) in [6.07, 6.45) is 1.34. The first-order chi connectivity index (χ1) is 7.68. The van der Waals surface area contributed by atoms with Gasteiger partial charge in [0.15, 0.2) is 5.82 Å². The van der Waals surface area contributed by atoms with E-state index in [1.165, 1.54) is 11.2 Å². The maximum Gasteiger partial charge on any atom is 0.276 e. The minimum absolute atomic E-state index is 0.0802. The monoisotopic (exact) mass is 236 g/mol. The third-order valence-corrected chi connectivity index (χ3v) is 3.27. The number of anilines is 2. The summed E-state index contributed by atoms with van der Waals surface area (Å²) < 4.78 is 0. The molecule has 0 radical (unpaired) electrons. The van der Waals surface area contributed by atoms with Gasteiger partial charge >= 0.3 is 0 Å². The van der Waals surface area contributed by atoms with E-state index in [0.29, 0.717) is 5.82 Å². The molecule has 0 aliphatic carbocycles. The Morgan fingerprint density at radius 1 is 1.62 bits per heavy atom. The van der Waals surface area contributed by atoms with Gasteiger partial charge in [0.1, 0.15) is 5.69 Å². The third kappa shape index (κ3) is 2.06. The molecule has 0 aliphatic heterocycles. The summed E-state index contributed by atoms with van der Waals surface area (Å²) >= 11 is 1.64. The molecule has 2 heterocycles. The van der Waals surface area contributed by atoms with Crippen LogP contribution < -0.4 is 16.6 Å². The fourth-order valence-corrected chi connectivity index (χ4v) is 2.07. The zero-order chi connectivity index (χ0) is 11.5. The van der Waals surface area contributed by atoms with Gasteiger partial charge in [-0.2, -0.15) is 0 Å². The minimum Gasteiger partial charge on any atom is -0.391 e. The van der Waals surface area contributed by atoms with Crippen LogP contribution in [0, 0.1) is 0 Å². The molecule has 84 valence electrons. The molecule has 0 aromatic carbocycles. The smallest absolute Gasteiger partial charge is 0.276 e. The zero-order valence-corrected chi connectivity index (χ0v) is 9.54. The van der Waals surface area contributed by atoms with E-state index in [2.05, 4.69) is 15.3 Å². The van der Waals surface area contributed by atoms with Crippen molar-refractivity contribution in [3.05, 3.63) is 39.1 Å². The first kappa shape index (κ1) is 10.7. The number of nitrogen functional groups attached to an aromatic ring is 1. The Balaban J connectivity index is 2.21. The van der Waals surface area contributed by atoms with Gasteiger partial charge in [0.05, 0.1) is 12.4 Å². The number of H-pyrrole nitrogens is 1. The summed E-state index contributed by atoms with van der Waals surface area (Å²) in [6.45, 7) is 1.99. The second kappa shape index (κ2) is 4.36.